The van der Waals surface area contributed by atoms with E-state index in [1.54, 1.807) is 14.0 Å². The third kappa shape index (κ3) is 8.28. The van der Waals surface area contributed by atoms with Crippen molar-refractivity contribution in [3.63, 3.8) is 0 Å². The molecule has 0 heterocycles. The first kappa shape index (κ1) is 27.7. The number of hydrogen-bond donors (Lipinski definition) is 0. The van der Waals surface area contributed by atoms with E-state index in [9.17, 15) is 13.2 Å². The summed E-state index contributed by atoms with van der Waals surface area (Å²) in [5.41, 5.74) is 3.30. The third-order valence-electron chi connectivity index (χ3n) is 4.01. The summed E-state index contributed by atoms with van der Waals surface area (Å²) < 4.78 is 40.8. The minimum atomic E-state index is -4.79. The smallest absolute Gasteiger partial charge is 0.497 e. The molecule has 0 saturated heterocycles. The van der Waals surface area contributed by atoms with Gasteiger partial charge in [0.25, 0.3) is 0 Å². The van der Waals surface area contributed by atoms with Gasteiger partial charge in [0.1, 0.15) is 12.4 Å². The standard InChI is InChI=1S/C20H20ClF3N3O3.K/c1-12-6-5-7-16(19(25-3)27-28-4)17(12)11-29-26-13(2)15-9-8-14(10-18(15)21)30-20(22,23)24;/h5-10H,11H2,1-4H3;/q-1;+1/b26-13+;. The van der Waals surface area contributed by atoms with Crippen molar-refractivity contribution in [2.24, 2.45) is 10.3 Å². The van der Waals surface area contributed by atoms with Crippen LogP contribution in [0.5, 0.6) is 5.75 Å². The zero-order valence-electron chi connectivity index (χ0n) is 17.7. The maximum absolute atomic E-state index is 12.3. The van der Waals surface area contributed by atoms with Crippen molar-refractivity contribution in [3.8, 4) is 5.75 Å². The van der Waals surface area contributed by atoms with Crippen LogP contribution >= 0.6 is 11.6 Å². The van der Waals surface area contributed by atoms with Gasteiger partial charge in [-0.05, 0) is 49.0 Å². The van der Waals surface area contributed by atoms with E-state index in [4.69, 9.17) is 21.3 Å². The SMILES string of the molecule is C[N-]/C(=N/OC)c1cccc(C)c1CO/N=C(\C)c1ccc(OC(F)(F)F)cc1Cl.[K+]. The Morgan fingerprint density at radius 1 is 1.13 bits per heavy atom. The average molecular weight is 482 g/mol. The quantitative estimate of drug-likeness (QED) is 0.264. The fraction of sp³-hybridized carbons (Fsp3) is 0.300. The number of hydrogen-bond acceptors (Lipinski definition) is 5. The van der Waals surface area contributed by atoms with E-state index in [1.165, 1.54) is 13.2 Å². The van der Waals surface area contributed by atoms with Gasteiger partial charge in [0.2, 0.25) is 0 Å². The second-order valence-corrected chi connectivity index (χ2v) is 6.47. The van der Waals surface area contributed by atoms with Crippen LogP contribution in [0.3, 0.4) is 0 Å². The molecule has 0 unspecified atom stereocenters. The predicted molar refractivity (Wildman–Crippen MR) is 109 cm³/mol. The van der Waals surface area contributed by atoms with Crippen LogP contribution in [0, 0.1) is 6.92 Å². The molecular weight excluding hydrogens is 462 g/mol. The molecule has 0 aliphatic heterocycles. The predicted octanol–water partition coefficient (Wildman–Crippen LogP) is 2.80. The minimum Gasteiger partial charge on any atom is -0.497 e. The van der Waals surface area contributed by atoms with Crippen molar-refractivity contribution in [1.82, 2.24) is 0 Å². The molecule has 0 amide bonds. The Morgan fingerprint density at radius 3 is 2.42 bits per heavy atom. The van der Waals surface area contributed by atoms with Gasteiger partial charge >= 0.3 is 57.7 Å². The van der Waals surface area contributed by atoms with Crippen molar-refractivity contribution in [1.29, 1.82) is 0 Å². The number of benzene rings is 2. The number of halogens is 4. The van der Waals surface area contributed by atoms with E-state index in [2.05, 4.69) is 20.4 Å². The third-order valence-corrected chi connectivity index (χ3v) is 4.33. The first-order valence-corrected chi connectivity index (χ1v) is 9.06. The summed E-state index contributed by atoms with van der Waals surface area (Å²) in [5, 5.41) is 12.1. The normalized spacial score (nSPS) is 12.1. The molecule has 2 aromatic carbocycles. The van der Waals surface area contributed by atoms with Gasteiger partial charge in [0, 0.05) is 11.1 Å². The fourth-order valence-corrected chi connectivity index (χ4v) is 2.94. The molecule has 0 bridgehead atoms. The summed E-state index contributed by atoms with van der Waals surface area (Å²) in [6.45, 7) is 3.66. The van der Waals surface area contributed by atoms with Crippen LogP contribution in [0.15, 0.2) is 46.7 Å². The molecule has 162 valence electrons. The van der Waals surface area contributed by atoms with Crippen LogP contribution in [0.1, 0.15) is 29.2 Å². The van der Waals surface area contributed by atoms with Gasteiger partial charge in [0.15, 0.2) is 0 Å². The summed E-state index contributed by atoms with van der Waals surface area (Å²) in [6, 6.07) is 9.22. The largest absolute Gasteiger partial charge is 1.00 e. The van der Waals surface area contributed by atoms with Crippen molar-refractivity contribution in [3.05, 3.63) is 69.0 Å². The number of aryl methyl sites for hydroxylation is 1. The number of rotatable bonds is 7. The molecule has 0 N–H and O–H groups in total. The van der Waals surface area contributed by atoms with Gasteiger partial charge in [0.05, 0.1) is 17.8 Å². The number of oxime groups is 2. The van der Waals surface area contributed by atoms with Gasteiger partial charge in [-0.1, -0.05) is 42.0 Å². The molecule has 0 radical (unpaired) electrons. The Labute approximate surface area is 226 Å². The second kappa shape index (κ2) is 12.7. The maximum Gasteiger partial charge on any atom is 1.00 e. The molecule has 0 saturated carbocycles. The molecule has 11 heteroatoms. The van der Waals surface area contributed by atoms with Gasteiger partial charge in [-0.2, -0.15) is 0 Å². The van der Waals surface area contributed by atoms with Gasteiger partial charge in [-0.25, -0.2) is 0 Å². The van der Waals surface area contributed by atoms with Gasteiger partial charge in [-0.15, -0.1) is 13.2 Å². The monoisotopic (exact) mass is 481 g/mol. The summed E-state index contributed by atoms with van der Waals surface area (Å²) in [5.74, 6) is -0.00778. The van der Waals surface area contributed by atoms with Gasteiger partial charge < -0.3 is 19.7 Å². The molecule has 0 fully saturated rings. The first-order chi connectivity index (χ1) is 14.2. The number of amidine groups is 1. The van der Waals surface area contributed by atoms with E-state index in [0.717, 1.165) is 28.8 Å². The van der Waals surface area contributed by atoms with Crippen LogP contribution in [-0.2, 0) is 16.3 Å². The molecule has 6 nitrogen and oxygen atoms in total. The summed E-state index contributed by atoms with van der Waals surface area (Å²) >= 11 is 6.07. The molecule has 0 aliphatic carbocycles. The minimum absolute atomic E-state index is 0. The summed E-state index contributed by atoms with van der Waals surface area (Å²) in [6.07, 6.45) is -4.79. The molecule has 2 aromatic rings. The van der Waals surface area contributed by atoms with Crippen molar-refractivity contribution >= 4 is 23.1 Å². The molecule has 31 heavy (non-hydrogen) atoms. The van der Waals surface area contributed by atoms with E-state index in [1.807, 2.05) is 25.1 Å². The van der Waals surface area contributed by atoms with E-state index < -0.39 is 12.1 Å². The van der Waals surface area contributed by atoms with Crippen LogP contribution in [0.2, 0.25) is 5.02 Å². The van der Waals surface area contributed by atoms with E-state index in [0.29, 0.717) is 17.1 Å². The topological polar surface area (TPSA) is 66.5 Å². The van der Waals surface area contributed by atoms with Crippen LogP contribution in [0.4, 0.5) is 13.2 Å². The average Bonchev–Trinajstić information content (AvgIpc) is 2.66. The number of nitrogens with zero attached hydrogens (tertiary/aromatic N) is 3. The Hall–Kier alpha value is -1.30. The van der Waals surface area contributed by atoms with E-state index in [-0.39, 0.29) is 63.0 Å². The van der Waals surface area contributed by atoms with Crippen molar-refractivity contribution in [2.45, 2.75) is 26.8 Å². The number of alkyl halides is 3. The van der Waals surface area contributed by atoms with Gasteiger partial charge in [-0.3, -0.25) is 5.16 Å². The Bertz CT molecular complexity index is 953. The van der Waals surface area contributed by atoms with Crippen molar-refractivity contribution < 1.29 is 79.0 Å². The first-order valence-electron chi connectivity index (χ1n) is 8.68. The Balaban J connectivity index is 0.00000480. The second-order valence-electron chi connectivity index (χ2n) is 6.06. The molecule has 0 atom stereocenters. The van der Waals surface area contributed by atoms with Crippen LogP contribution in [0.25, 0.3) is 5.32 Å². The molecule has 0 aromatic heterocycles. The van der Waals surface area contributed by atoms with Crippen LogP contribution in [-0.4, -0.2) is 32.1 Å². The Kier molecular flexibility index (Phi) is 11.3. The van der Waals surface area contributed by atoms with E-state index >= 15 is 0 Å². The molecule has 2 rings (SSSR count). The molecule has 0 spiro atoms. The zero-order chi connectivity index (χ0) is 22.3. The van der Waals surface area contributed by atoms with Crippen molar-refractivity contribution in [2.75, 3.05) is 14.2 Å². The van der Waals surface area contributed by atoms with Crippen LogP contribution < -0.4 is 56.1 Å². The maximum atomic E-state index is 12.3. The Morgan fingerprint density at radius 2 is 1.84 bits per heavy atom. The molecule has 0 aliphatic rings. The zero-order valence-corrected chi connectivity index (χ0v) is 21.6. The summed E-state index contributed by atoms with van der Waals surface area (Å²) in [7, 11) is 3.03. The number of ether oxygens (including phenoxy) is 1. The molecular formula is C20H20ClF3KN3O3. The fourth-order valence-electron chi connectivity index (χ4n) is 2.63. The summed E-state index contributed by atoms with van der Waals surface area (Å²) in [4.78, 5) is 10.3.